The Bertz CT molecular complexity index is 2620. The maximum absolute atomic E-state index is 6.85. The van der Waals surface area contributed by atoms with Crippen molar-refractivity contribution >= 4 is 43.1 Å². The molecule has 0 N–H and O–H groups in total. The molecule has 1 aliphatic carbocycles. The van der Waals surface area contributed by atoms with Gasteiger partial charge in [-0.1, -0.05) is 146 Å². The lowest BCUT2D eigenvalue weighted by molar-refractivity contribution is 0.229. The van der Waals surface area contributed by atoms with E-state index in [0.29, 0.717) is 0 Å². The zero-order valence-corrected chi connectivity index (χ0v) is 26.7. The van der Waals surface area contributed by atoms with Crippen LogP contribution in [-0.4, -0.2) is 6.10 Å². The summed E-state index contributed by atoms with van der Waals surface area (Å²) in [6.45, 7) is 2.30. The standard InChI is InChI=1S/C47H32O/c1-47-26-11-10-23-42(47)48-46-41(47)29-32-15-4-5-18-36(32)45(46)34-17-12-16-33(28-34)43-37-19-6-8-21-39(37)44(40-22-9-7-20-38(40)43)35-25-24-30-13-2-3-14-31(30)27-35/h2-29,42H,1H3. The molecule has 226 valence electrons. The molecule has 1 aliphatic heterocycles. The fourth-order valence-electron chi connectivity index (χ4n) is 8.31. The third-order valence-electron chi connectivity index (χ3n) is 10.7. The van der Waals surface area contributed by atoms with Crippen LogP contribution in [-0.2, 0) is 5.41 Å². The number of allylic oxidation sites excluding steroid dienone is 2. The zero-order chi connectivity index (χ0) is 31.8. The molecule has 2 aliphatic rings. The summed E-state index contributed by atoms with van der Waals surface area (Å²) in [4.78, 5) is 0. The van der Waals surface area contributed by atoms with Crippen LogP contribution in [0.25, 0.3) is 76.5 Å². The molecule has 10 rings (SSSR count). The van der Waals surface area contributed by atoms with Crippen LogP contribution in [0.1, 0.15) is 12.5 Å². The summed E-state index contributed by atoms with van der Waals surface area (Å²) < 4.78 is 6.85. The summed E-state index contributed by atoms with van der Waals surface area (Å²) in [7, 11) is 0. The van der Waals surface area contributed by atoms with E-state index in [1.807, 2.05) is 0 Å². The summed E-state index contributed by atoms with van der Waals surface area (Å²) in [5.41, 5.74) is 8.37. The molecule has 0 bridgehead atoms. The molecule has 0 spiro atoms. The molecule has 8 aromatic rings. The van der Waals surface area contributed by atoms with E-state index < -0.39 is 0 Å². The van der Waals surface area contributed by atoms with Gasteiger partial charge in [0, 0.05) is 11.1 Å². The molecule has 0 radical (unpaired) electrons. The normalized spacial score (nSPS) is 18.0. The molecule has 48 heavy (non-hydrogen) atoms. The Morgan fingerprint density at radius 1 is 0.458 bits per heavy atom. The van der Waals surface area contributed by atoms with Crippen molar-refractivity contribution in [3.05, 3.63) is 175 Å². The van der Waals surface area contributed by atoms with E-state index in [-0.39, 0.29) is 11.5 Å². The molecular formula is C47H32O. The van der Waals surface area contributed by atoms with E-state index in [2.05, 4.69) is 177 Å². The van der Waals surface area contributed by atoms with Crippen LogP contribution in [0.3, 0.4) is 0 Å². The molecule has 2 unspecified atom stereocenters. The average molecular weight is 613 g/mol. The Balaban J connectivity index is 1.24. The van der Waals surface area contributed by atoms with Crippen LogP contribution in [0.5, 0.6) is 5.75 Å². The minimum atomic E-state index is -0.203. The predicted molar refractivity (Wildman–Crippen MR) is 203 cm³/mol. The summed E-state index contributed by atoms with van der Waals surface area (Å²) >= 11 is 0. The van der Waals surface area contributed by atoms with Crippen molar-refractivity contribution < 1.29 is 4.74 Å². The maximum atomic E-state index is 6.85. The molecule has 2 atom stereocenters. The molecular weight excluding hydrogens is 581 g/mol. The SMILES string of the molecule is CC12C=CC=CC1Oc1c2cc2ccccc2c1-c1cccc(-c2c3ccccc3c(-c3ccc4ccccc4c3)c3ccccc23)c1. The lowest BCUT2D eigenvalue weighted by atomic mass is 9.75. The van der Waals surface area contributed by atoms with Crippen LogP contribution in [0, 0.1) is 0 Å². The maximum Gasteiger partial charge on any atom is 0.132 e. The second kappa shape index (κ2) is 10.3. The smallest absolute Gasteiger partial charge is 0.132 e. The number of hydrogen-bond acceptors (Lipinski definition) is 1. The fraction of sp³-hybridized carbons (Fsp3) is 0.0638. The highest BCUT2D eigenvalue weighted by Crippen LogP contribution is 2.53. The highest BCUT2D eigenvalue weighted by molar-refractivity contribution is 6.22. The Kier molecular flexibility index (Phi) is 5.83. The van der Waals surface area contributed by atoms with Crippen molar-refractivity contribution in [1.82, 2.24) is 0 Å². The minimum Gasteiger partial charge on any atom is -0.484 e. The molecule has 8 aromatic carbocycles. The Hall–Kier alpha value is -5.92. The molecule has 0 saturated heterocycles. The van der Waals surface area contributed by atoms with Crippen LogP contribution in [0.4, 0.5) is 0 Å². The van der Waals surface area contributed by atoms with E-state index in [1.165, 1.54) is 82.0 Å². The quantitative estimate of drug-likeness (QED) is 0.180. The van der Waals surface area contributed by atoms with Gasteiger partial charge in [0.05, 0.1) is 5.41 Å². The molecule has 1 heterocycles. The largest absolute Gasteiger partial charge is 0.484 e. The van der Waals surface area contributed by atoms with Gasteiger partial charge in [-0.05, 0) is 102 Å². The predicted octanol–water partition coefficient (Wildman–Crippen LogP) is 12.4. The van der Waals surface area contributed by atoms with Crippen molar-refractivity contribution in [2.45, 2.75) is 18.4 Å². The van der Waals surface area contributed by atoms with Crippen molar-refractivity contribution in [3.63, 3.8) is 0 Å². The second-order valence-corrected chi connectivity index (χ2v) is 13.4. The fourth-order valence-corrected chi connectivity index (χ4v) is 8.31. The van der Waals surface area contributed by atoms with Gasteiger partial charge in [-0.15, -0.1) is 0 Å². The first kappa shape index (κ1) is 27.2. The molecule has 0 amide bonds. The molecule has 0 fully saturated rings. The van der Waals surface area contributed by atoms with E-state index in [1.54, 1.807) is 0 Å². The van der Waals surface area contributed by atoms with Gasteiger partial charge in [0.2, 0.25) is 0 Å². The van der Waals surface area contributed by atoms with Crippen molar-refractivity contribution in [2.24, 2.45) is 0 Å². The Morgan fingerprint density at radius 2 is 1.02 bits per heavy atom. The lowest BCUT2D eigenvalue weighted by Gasteiger charge is -2.26. The van der Waals surface area contributed by atoms with Crippen molar-refractivity contribution in [1.29, 1.82) is 0 Å². The third kappa shape index (κ3) is 3.91. The monoisotopic (exact) mass is 612 g/mol. The van der Waals surface area contributed by atoms with Gasteiger partial charge in [-0.2, -0.15) is 0 Å². The van der Waals surface area contributed by atoms with Crippen LogP contribution in [0.15, 0.2) is 170 Å². The van der Waals surface area contributed by atoms with E-state index in [9.17, 15) is 0 Å². The molecule has 0 saturated carbocycles. The Labute approximate surface area is 280 Å². The van der Waals surface area contributed by atoms with Crippen LogP contribution in [0.2, 0.25) is 0 Å². The molecule has 0 aromatic heterocycles. The third-order valence-corrected chi connectivity index (χ3v) is 10.7. The highest BCUT2D eigenvalue weighted by Gasteiger charge is 2.44. The van der Waals surface area contributed by atoms with Gasteiger partial charge >= 0.3 is 0 Å². The lowest BCUT2D eigenvalue weighted by Crippen LogP contribution is -2.32. The summed E-state index contributed by atoms with van der Waals surface area (Å²) in [5, 5.41) is 9.99. The summed E-state index contributed by atoms with van der Waals surface area (Å²) in [5.74, 6) is 0.996. The number of benzene rings is 8. The van der Waals surface area contributed by atoms with Gasteiger partial charge in [0.25, 0.3) is 0 Å². The summed E-state index contributed by atoms with van der Waals surface area (Å²) in [6, 6.07) is 53.5. The van der Waals surface area contributed by atoms with Gasteiger partial charge in [-0.3, -0.25) is 0 Å². The minimum absolute atomic E-state index is 0.0215. The van der Waals surface area contributed by atoms with Gasteiger partial charge in [-0.25, -0.2) is 0 Å². The highest BCUT2D eigenvalue weighted by atomic mass is 16.5. The van der Waals surface area contributed by atoms with Gasteiger partial charge in [0.15, 0.2) is 0 Å². The first-order valence-corrected chi connectivity index (χ1v) is 16.8. The van der Waals surface area contributed by atoms with Crippen molar-refractivity contribution in [2.75, 3.05) is 0 Å². The second-order valence-electron chi connectivity index (χ2n) is 13.4. The van der Waals surface area contributed by atoms with Gasteiger partial charge in [0.1, 0.15) is 11.9 Å². The Morgan fingerprint density at radius 3 is 1.71 bits per heavy atom. The number of hydrogen-bond donors (Lipinski definition) is 0. The van der Waals surface area contributed by atoms with Gasteiger partial charge < -0.3 is 4.74 Å². The van der Waals surface area contributed by atoms with Crippen LogP contribution >= 0.6 is 0 Å². The van der Waals surface area contributed by atoms with Crippen molar-refractivity contribution in [3.8, 4) is 39.1 Å². The first-order valence-electron chi connectivity index (χ1n) is 16.8. The van der Waals surface area contributed by atoms with E-state index in [0.717, 1.165) is 5.75 Å². The average Bonchev–Trinajstić information content (AvgIpc) is 3.44. The number of ether oxygens (including phenoxy) is 1. The van der Waals surface area contributed by atoms with E-state index >= 15 is 0 Å². The zero-order valence-electron chi connectivity index (χ0n) is 26.7. The topological polar surface area (TPSA) is 9.23 Å². The molecule has 1 heteroatoms. The number of rotatable bonds is 3. The van der Waals surface area contributed by atoms with Crippen LogP contribution < -0.4 is 4.74 Å². The van der Waals surface area contributed by atoms with E-state index in [4.69, 9.17) is 4.74 Å². The summed E-state index contributed by atoms with van der Waals surface area (Å²) in [6.07, 6.45) is 8.73. The number of fused-ring (bicyclic) bond motifs is 7. The first-order chi connectivity index (χ1) is 23.7. The molecule has 1 nitrogen and oxygen atoms in total.